The van der Waals surface area contributed by atoms with Crippen LogP contribution >= 0.6 is 0 Å². The van der Waals surface area contributed by atoms with Gasteiger partial charge in [0.15, 0.2) is 11.5 Å². The van der Waals surface area contributed by atoms with Crippen LogP contribution in [0, 0.1) is 6.92 Å². The van der Waals surface area contributed by atoms with Crippen molar-refractivity contribution in [3.8, 4) is 17.1 Å². The summed E-state index contributed by atoms with van der Waals surface area (Å²) >= 11 is 0. The molecule has 0 aliphatic heterocycles. The monoisotopic (exact) mass is 430 g/mol. The van der Waals surface area contributed by atoms with Crippen molar-refractivity contribution in [1.29, 1.82) is 0 Å². The second-order valence-corrected chi connectivity index (χ2v) is 8.58. The number of hydrogen-bond acceptors (Lipinski definition) is 6. The van der Waals surface area contributed by atoms with Crippen molar-refractivity contribution >= 4 is 23.1 Å². The maximum Gasteiger partial charge on any atom is 0.407 e. The lowest BCUT2D eigenvalue weighted by molar-refractivity contribution is 0.0523. The van der Waals surface area contributed by atoms with Gasteiger partial charge in [-0.15, -0.1) is 0 Å². The van der Waals surface area contributed by atoms with Crippen molar-refractivity contribution in [3.05, 3.63) is 66.0 Å². The Morgan fingerprint density at radius 3 is 2.59 bits per heavy atom. The number of nitrogens with one attached hydrogen (secondary N) is 1. The zero-order valence-electron chi connectivity index (χ0n) is 18.6. The number of rotatable bonds is 4. The number of imidazole rings is 1. The fourth-order valence-electron chi connectivity index (χ4n) is 3.35. The predicted octanol–water partition coefficient (Wildman–Crippen LogP) is 4.40. The molecule has 1 aromatic carbocycles. The van der Waals surface area contributed by atoms with E-state index in [-0.39, 0.29) is 0 Å². The fourth-order valence-corrected chi connectivity index (χ4v) is 3.35. The molecule has 0 saturated heterocycles. The van der Waals surface area contributed by atoms with Gasteiger partial charge in [0.2, 0.25) is 0 Å². The quantitative estimate of drug-likeness (QED) is 0.497. The van der Waals surface area contributed by atoms with Gasteiger partial charge in [0, 0.05) is 24.6 Å². The Balaban J connectivity index is 1.68. The Labute approximate surface area is 186 Å². The van der Waals surface area contributed by atoms with Crippen molar-refractivity contribution in [3.63, 3.8) is 0 Å². The summed E-state index contributed by atoms with van der Waals surface area (Å²) in [4.78, 5) is 25.6. The van der Waals surface area contributed by atoms with Crippen LogP contribution in [-0.2, 0) is 11.3 Å². The summed E-state index contributed by atoms with van der Waals surface area (Å²) in [6.07, 6.45) is 3.02. The molecular formula is C24H26N6O2. The summed E-state index contributed by atoms with van der Waals surface area (Å²) in [5.74, 6) is 1.07. The number of carbonyl (C=O) groups is 1. The molecular weight excluding hydrogens is 404 g/mol. The van der Waals surface area contributed by atoms with Gasteiger partial charge in [0.1, 0.15) is 16.9 Å². The summed E-state index contributed by atoms with van der Waals surface area (Å²) in [5.41, 5.74) is 10.7. The lowest BCUT2D eigenvalue weighted by Crippen LogP contribution is -2.32. The normalized spacial score (nSPS) is 11.5. The largest absolute Gasteiger partial charge is 0.444 e. The molecule has 0 saturated carbocycles. The van der Waals surface area contributed by atoms with Crippen molar-refractivity contribution in [2.75, 3.05) is 5.73 Å². The number of ether oxygens (including phenoxy) is 1. The number of fused-ring (bicyclic) bond motifs is 1. The zero-order chi connectivity index (χ0) is 22.9. The number of anilines is 1. The lowest BCUT2D eigenvalue weighted by atomic mass is 10.2. The van der Waals surface area contributed by atoms with Gasteiger partial charge in [0.05, 0.1) is 5.56 Å². The van der Waals surface area contributed by atoms with E-state index in [0.29, 0.717) is 18.2 Å². The summed E-state index contributed by atoms with van der Waals surface area (Å²) in [5, 5.41) is 2.77. The van der Waals surface area contributed by atoms with Gasteiger partial charge in [-0.3, -0.25) is 4.57 Å². The zero-order valence-corrected chi connectivity index (χ0v) is 18.6. The van der Waals surface area contributed by atoms with Crippen LogP contribution in [0.15, 0.2) is 54.9 Å². The van der Waals surface area contributed by atoms with Gasteiger partial charge in [-0.25, -0.2) is 19.7 Å². The molecule has 3 N–H and O–H groups in total. The maximum atomic E-state index is 11.9. The Morgan fingerprint density at radius 1 is 1.16 bits per heavy atom. The highest BCUT2D eigenvalue weighted by Crippen LogP contribution is 2.30. The number of aromatic nitrogens is 4. The molecule has 3 aromatic heterocycles. The molecule has 0 atom stereocenters. The van der Waals surface area contributed by atoms with Crippen LogP contribution in [0.5, 0.6) is 0 Å². The lowest BCUT2D eigenvalue weighted by Gasteiger charge is -2.19. The van der Waals surface area contributed by atoms with Crippen LogP contribution < -0.4 is 11.1 Å². The molecule has 4 aromatic rings. The molecule has 8 heteroatoms. The first-order valence-electron chi connectivity index (χ1n) is 10.3. The van der Waals surface area contributed by atoms with E-state index in [9.17, 15) is 4.79 Å². The number of carbonyl (C=O) groups excluding carboxylic acids is 1. The van der Waals surface area contributed by atoms with E-state index < -0.39 is 11.7 Å². The standard InChI is InChI=1S/C24H26N6O2/c1-15-12-19-22(27-13-15)30(21(29-19)18-6-5-11-26-20(18)25)17-9-7-16(8-10-17)14-28-23(31)32-24(2,3)4/h5-13H,14H2,1-4H3,(H2,25,26)(H,28,31). The Morgan fingerprint density at radius 2 is 1.91 bits per heavy atom. The van der Waals surface area contributed by atoms with Crippen molar-refractivity contribution < 1.29 is 9.53 Å². The van der Waals surface area contributed by atoms with E-state index in [0.717, 1.165) is 33.5 Å². The number of nitrogen functional groups attached to an aromatic ring is 1. The van der Waals surface area contributed by atoms with Crippen LogP contribution in [0.1, 0.15) is 31.9 Å². The predicted molar refractivity (Wildman–Crippen MR) is 124 cm³/mol. The van der Waals surface area contributed by atoms with Crippen LogP contribution in [0.4, 0.5) is 10.6 Å². The topological polar surface area (TPSA) is 108 Å². The molecule has 1 amide bonds. The molecule has 0 unspecified atom stereocenters. The van der Waals surface area contributed by atoms with Crippen molar-refractivity contribution in [1.82, 2.24) is 24.8 Å². The smallest absolute Gasteiger partial charge is 0.407 e. The molecule has 0 aliphatic carbocycles. The SMILES string of the molecule is Cc1cnc2c(c1)nc(-c1cccnc1N)n2-c1ccc(CNC(=O)OC(C)(C)C)cc1. The minimum atomic E-state index is -0.535. The van der Waals surface area contributed by atoms with Gasteiger partial charge in [0.25, 0.3) is 0 Å². The van der Waals surface area contributed by atoms with Crippen molar-refractivity contribution in [2.45, 2.75) is 39.8 Å². The van der Waals surface area contributed by atoms with Gasteiger partial charge >= 0.3 is 6.09 Å². The molecule has 8 nitrogen and oxygen atoms in total. The average Bonchev–Trinajstić information content (AvgIpc) is 3.10. The molecule has 4 rings (SSSR count). The second kappa shape index (κ2) is 8.30. The molecule has 32 heavy (non-hydrogen) atoms. The minimum Gasteiger partial charge on any atom is -0.444 e. The van der Waals surface area contributed by atoms with E-state index in [1.807, 2.05) is 80.9 Å². The minimum absolute atomic E-state index is 0.361. The van der Waals surface area contributed by atoms with E-state index >= 15 is 0 Å². The Hall–Kier alpha value is -3.94. The number of hydrogen-bond donors (Lipinski definition) is 2. The van der Waals surface area contributed by atoms with Crippen LogP contribution in [0.3, 0.4) is 0 Å². The van der Waals surface area contributed by atoms with Gasteiger partial charge in [-0.05, 0) is 69.2 Å². The number of nitrogens with zero attached hydrogens (tertiary/aromatic N) is 4. The summed E-state index contributed by atoms with van der Waals surface area (Å²) in [7, 11) is 0. The van der Waals surface area contributed by atoms with Crippen LogP contribution in [-0.4, -0.2) is 31.2 Å². The number of benzene rings is 1. The molecule has 0 fully saturated rings. The first-order chi connectivity index (χ1) is 15.2. The molecule has 0 radical (unpaired) electrons. The van der Waals surface area contributed by atoms with Gasteiger partial charge < -0.3 is 15.8 Å². The highest BCUT2D eigenvalue weighted by atomic mass is 16.6. The molecule has 0 spiro atoms. The molecule has 164 valence electrons. The fraction of sp³-hybridized carbons (Fsp3) is 0.250. The molecule has 0 aliphatic rings. The number of aryl methyl sites for hydroxylation is 1. The average molecular weight is 431 g/mol. The van der Waals surface area contributed by atoms with Gasteiger partial charge in [-0.2, -0.15) is 0 Å². The third-order valence-corrected chi connectivity index (χ3v) is 4.74. The molecule has 3 heterocycles. The Bertz CT molecular complexity index is 1270. The third kappa shape index (κ3) is 4.54. The third-order valence-electron chi connectivity index (χ3n) is 4.74. The summed E-state index contributed by atoms with van der Waals surface area (Å²) in [6.45, 7) is 7.84. The Kier molecular flexibility index (Phi) is 5.52. The second-order valence-electron chi connectivity index (χ2n) is 8.58. The van der Waals surface area contributed by atoms with Gasteiger partial charge in [-0.1, -0.05) is 12.1 Å². The highest BCUT2D eigenvalue weighted by molar-refractivity contribution is 5.83. The van der Waals surface area contributed by atoms with Crippen molar-refractivity contribution in [2.24, 2.45) is 0 Å². The number of nitrogens with two attached hydrogens (primary N) is 1. The van der Waals surface area contributed by atoms with E-state index in [1.165, 1.54) is 0 Å². The van der Waals surface area contributed by atoms with E-state index in [1.54, 1.807) is 6.20 Å². The first-order valence-corrected chi connectivity index (χ1v) is 10.3. The van der Waals surface area contributed by atoms with E-state index in [2.05, 4.69) is 15.3 Å². The number of pyridine rings is 2. The maximum absolute atomic E-state index is 11.9. The number of amides is 1. The molecule has 0 bridgehead atoms. The summed E-state index contributed by atoms with van der Waals surface area (Å²) < 4.78 is 7.25. The van der Waals surface area contributed by atoms with Crippen LogP contribution in [0.2, 0.25) is 0 Å². The van der Waals surface area contributed by atoms with Crippen LogP contribution in [0.25, 0.3) is 28.2 Å². The van der Waals surface area contributed by atoms with E-state index in [4.69, 9.17) is 15.5 Å². The highest BCUT2D eigenvalue weighted by Gasteiger charge is 2.18. The summed E-state index contributed by atoms with van der Waals surface area (Å²) in [6, 6.07) is 13.5. The number of alkyl carbamates (subject to hydrolysis) is 1. The first kappa shape index (κ1) is 21.3.